The van der Waals surface area contributed by atoms with Gasteiger partial charge in [-0.25, -0.2) is 0 Å². The molecule has 4 nitrogen and oxygen atoms in total. The van der Waals surface area contributed by atoms with Crippen molar-refractivity contribution in [3.8, 4) is 0 Å². The number of nitrogens with zero attached hydrogens (tertiary/aromatic N) is 2. The fourth-order valence-electron chi connectivity index (χ4n) is 2.21. The molecule has 2 aromatic carbocycles. The molecule has 2 N–H and O–H groups in total. The van der Waals surface area contributed by atoms with E-state index in [1.807, 2.05) is 30.3 Å². The fourth-order valence-corrected chi connectivity index (χ4v) is 2.94. The zero-order valence-electron chi connectivity index (χ0n) is 13.4. The van der Waals surface area contributed by atoms with Crippen LogP contribution in [0.1, 0.15) is 28.6 Å². The molecule has 0 saturated heterocycles. The maximum Gasteiger partial charge on any atom is 0.276 e. The van der Waals surface area contributed by atoms with Gasteiger partial charge < -0.3 is 10.2 Å². The Bertz CT molecular complexity index is 746. The van der Waals surface area contributed by atoms with E-state index in [2.05, 4.69) is 41.4 Å². The van der Waals surface area contributed by atoms with Crippen molar-refractivity contribution in [3.05, 3.63) is 77.2 Å². The van der Waals surface area contributed by atoms with E-state index in [0.29, 0.717) is 17.5 Å². The second-order valence-corrected chi connectivity index (χ2v) is 6.40. The van der Waals surface area contributed by atoms with Crippen LogP contribution in [-0.4, -0.2) is 10.2 Å². The number of thioether (sulfide) groups is 1. The van der Waals surface area contributed by atoms with Crippen molar-refractivity contribution in [2.45, 2.75) is 30.4 Å². The predicted molar refractivity (Wildman–Crippen MR) is 99.4 cm³/mol. The molecule has 0 spiro atoms. The molecule has 0 aliphatic rings. The van der Waals surface area contributed by atoms with Crippen molar-refractivity contribution in [1.82, 2.24) is 10.2 Å². The lowest BCUT2D eigenvalue weighted by Gasteiger charge is -2.06. The zero-order valence-corrected chi connectivity index (χ0v) is 15.0. The number of nitrogens with two attached hydrogens (primary N) is 1. The largest absolute Gasteiger partial charge is 0.414 e. The van der Waals surface area contributed by atoms with Gasteiger partial charge in [0.15, 0.2) is 0 Å². The fraction of sp³-hybridized carbons (Fsp3) is 0.222. The number of rotatable bonds is 6. The summed E-state index contributed by atoms with van der Waals surface area (Å²) >= 11 is 1.53. The summed E-state index contributed by atoms with van der Waals surface area (Å²) in [4.78, 5) is 0. The minimum Gasteiger partial charge on any atom is -0.414 e. The molecule has 126 valence electrons. The second kappa shape index (κ2) is 8.87. The Hall–Kier alpha value is -1.82. The zero-order chi connectivity index (χ0) is 16.1. The summed E-state index contributed by atoms with van der Waals surface area (Å²) in [7, 11) is 0. The third-order valence-electron chi connectivity index (χ3n) is 3.52. The van der Waals surface area contributed by atoms with Gasteiger partial charge in [0.2, 0.25) is 5.89 Å². The van der Waals surface area contributed by atoms with E-state index >= 15 is 0 Å². The topological polar surface area (TPSA) is 64.9 Å². The predicted octanol–water partition coefficient (Wildman–Crippen LogP) is 4.33. The molecule has 0 amide bonds. The average Bonchev–Trinajstić information content (AvgIpc) is 3.04. The Morgan fingerprint density at radius 2 is 1.71 bits per heavy atom. The molecule has 0 radical (unpaired) electrons. The van der Waals surface area contributed by atoms with Crippen LogP contribution in [0.4, 0.5) is 0 Å². The van der Waals surface area contributed by atoms with Crippen molar-refractivity contribution in [2.75, 3.05) is 0 Å². The molecule has 1 atom stereocenters. The van der Waals surface area contributed by atoms with Gasteiger partial charge in [-0.3, -0.25) is 0 Å². The first-order valence-corrected chi connectivity index (χ1v) is 8.50. The van der Waals surface area contributed by atoms with E-state index in [0.717, 1.165) is 11.3 Å². The van der Waals surface area contributed by atoms with Crippen molar-refractivity contribution < 1.29 is 4.42 Å². The van der Waals surface area contributed by atoms with Crippen molar-refractivity contribution in [1.29, 1.82) is 0 Å². The summed E-state index contributed by atoms with van der Waals surface area (Å²) in [5, 5.41) is 8.71. The molecular weight excluding hydrogens is 342 g/mol. The van der Waals surface area contributed by atoms with Gasteiger partial charge >= 0.3 is 0 Å². The van der Waals surface area contributed by atoms with E-state index in [4.69, 9.17) is 10.2 Å². The van der Waals surface area contributed by atoms with Crippen LogP contribution in [0.3, 0.4) is 0 Å². The highest BCUT2D eigenvalue weighted by atomic mass is 35.5. The molecule has 0 unspecified atom stereocenters. The smallest absolute Gasteiger partial charge is 0.276 e. The lowest BCUT2D eigenvalue weighted by molar-refractivity contribution is 0.385. The maximum absolute atomic E-state index is 6.16. The molecule has 0 bridgehead atoms. The minimum atomic E-state index is -0.279. The van der Waals surface area contributed by atoms with Gasteiger partial charge in [0, 0.05) is 5.75 Å². The van der Waals surface area contributed by atoms with Crippen LogP contribution < -0.4 is 5.73 Å². The number of benzene rings is 2. The lowest BCUT2D eigenvalue weighted by Crippen LogP contribution is -2.13. The molecule has 24 heavy (non-hydrogen) atoms. The number of hydrogen-bond acceptors (Lipinski definition) is 5. The van der Waals surface area contributed by atoms with Crippen LogP contribution >= 0.6 is 24.2 Å². The maximum atomic E-state index is 6.16. The normalized spacial score (nSPS) is 11.8. The molecule has 6 heteroatoms. The lowest BCUT2D eigenvalue weighted by atomic mass is 10.1. The van der Waals surface area contributed by atoms with Crippen LogP contribution in [0.25, 0.3) is 0 Å². The van der Waals surface area contributed by atoms with Crippen LogP contribution in [-0.2, 0) is 12.2 Å². The van der Waals surface area contributed by atoms with Gasteiger partial charge in [-0.2, -0.15) is 0 Å². The summed E-state index contributed by atoms with van der Waals surface area (Å²) in [5.41, 5.74) is 9.80. The Labute approximate surface area is 152 Å². The van der Waals surface area contributed by atoms with E-state index in [9.17, 15) is 0 Å². The second-order valence-electron chi connectivity index (χ2n) is 5.48. The molecular formula is C18H20ClN3OS. The summed E-state index contributed by atoms with van der Waals surface area (Å²) in [6, 6.07) is 18.2. The van der Waals surface area contributed by atoms with Crippen molar-refractivity contribution in [2.24, 2.45) is 5.73 Å². The Balaban J connectivity index is 0.00000208. The van der Waals surface area contributed by atoms with Gasteiger partial charge in [0.05, 0.1) is 6.04 Å². The summed E-state index contributed by atoms with van der Waals surface area (Å²) in [6.45, 7) is 2.08. The minimum absolute atomic E-state index is 0. The summed E-state index contributed by atoms with van der Waals surface area (Å²) in [5.74, 6) is 1.29. The highest BCUT2D eigenvalue weighted by Crippen LogP contribution is 2.24. The van der Waals surface area contributed by atoms with Crippen LogP contribution in [0, 0.1) is 6.92 Å². The number of aromatic nitrogens is 2. The third-order valence-corrected chi connectivity index (χ3v) is 4.41. The van der Waals surface area contributed by atoms with Crippen molar-refractivity contribution in [3.63, 3.8) is 0 Å². The van der Waals surface area contributed by atoms with E-state index in [-0.39, 0.29) is 18.4 Å². The Morgan fingerprint density at radius 3 is 2.42 bits per heavy atom. The standard InChI is InChI=1S/C18H19N3OS.ClH/c1-13-7-9-15(10-8-13)12-23-18-21-20-17(22-18)16(19)11-14-5-3-2-4-6-14;/h2-10,16H,11-12,19H2,1H3;1H/t16-;/m0./s1. The van der Waals surface area contributed by atoms with Crippen LogP contribution in [0.2, 0.25) is 0 Å². The highest BCUT2D eigenvalue weighted by Gasteiger charge is 2.15. The molecule has 0 saturated carbocycles. The van der Waals surface area contributed by atoms with Crippen LogP contribution in [0.5, 0.6) is 0 Å². The van der Waals surface area contributed by atoms with Gasteiger partial charge in [0.1, 0.15) is 0 Å². The van der Waals surface area contributed by atoms with Gasteiger partial charge in [-0.05, 0) is 24.5 Å². The first-order chi connectivity index (χ1) is 11.2. The first kappa shape index (κ1) is 18.5. The molecule has 1 aromatic heterocycles. The highest BCUT2D eigenvalue weighted by molar-refractivity contribution is 7.98. The van der Waals surface area contributed by atoms with E-state index < -0.39 is 0 Å². The molecule has 3 aromatic rings. The van der Waals surface area contributed by atoms with Gasteiger partial charge in [-0.1, -0.05) is 71.9 Å². The molecule has 1 heterocycles. The van der Waals surface area contributed by atoms with E-state index in [1.54, 1.807) is 0 Å². The van der Waals surface area contributed by atoms with Gasteiger partial charge in [0.25, 0.3) is 5.22 Å². The quantitative estimate of drug-likeness (QED) is 0.662. The Morgan fingerprint density at radius 1 is 1.00 bits per heavy atom. The summed E-state index contributed by atoms with van der Waals surface area (Å²) in [6.07, 6.45) is 0.686. The molecule has 0 aliphatic carbocycles. The van der Waals surface area contributed by atoms with E-state index in [1.165, 1.54) is 22.9 Å². The average molecular weight is 362 g/mol. The van der Waals surface area contributed by atoms with Crippen molar-refractivity contribution >= 4 is 24.2 Å². The Kier molecular flexibility index (Phi) is 6.85. The van der Waals surface area contributed by atoms with Crippen LogP contribution in [0.15, 0.2) is 64.2 Å². The third kappa shape index (κ3) is 5.09. The molecule has 0 aliphatic heterocycles. The summed E-state index contributed by atoms with van der Waals surface area (Å²) < 4.78 is 5.68. The van der Waals surface area contributed by atoms with Gasteiger partial charge in [-0.15, -0.1) is 22.6 Å². The molecule has 3 rings (SSSR count). The number of aryl methyl sites for hydroxylation is 1. The number of hydrogen-bond donors (Lipinski definition) is 1. The monoisotopic (exact) mass is 361 g/mol. The SMILES string of the molecule is Cc1ccc(CSc2nnc([C@@H](N)Cc3ccccc3)o2)cc1.Cl. The molecule has 0 fully saturated rings. The number of halogens is 1. The first-order valence-electron chi connectivity index (χ1n) is 7.52.